The summed E-state index contributed by atoms with van der Waals surface area (Å²) in [6, 6.07) is 0. The van der Waals surface area contributed by atoms with E-state index in [4.69, 9.17) is 0 Å². The Balaban J connectivity index is 0.000000442. The molecule has 0 aromatic carbocycles. The fourth-order valence-corrected chi connectivity index (χ4v) is 1.67. The lowest BCUT2D eigenvalue weighted by molar-refractivity contribution is 0.481. The van der Waals surface area contributed by atoms with Gasteiger partial charge in [-0.3, -0.25) is 0 Å². The maximum atomic E-state index is 3.23. The van der Waals surface area contributed by atoms with Crippen molar-refractivity contribution in [2.24, 2.45) is 5.41 Å². The van der Waals surface area contributed by atoms with Crippen molar-refractivity contribution in [3.8, 4) is 0 Å². The van der Waals surface area contributed by atoms with Gasteiger partial charge in [-0.2, -0.15) is 0 Å². The molecule has 0 saturated heterocycles. The third-order valence-electron chi connectivity index (χ3n) is 2.57. The standard InChI is InChI=1S/C10H13N.2C2H6/c1-10-5-3-2-4-9(10)8-11-7-6-10;2*1-2/h2-4,6-7,11H,5,8H2,1H3;2*1-2H3. The van der Waals surface area contributed by atoms with Gasteiger partial charge in [0.2, 0.25) is 0 Å². The Kier molecular flexibility index (Phi) is 6.85. The molecule has 0 amide bonds. The molecule has 1 heteroatoms. The molecule has 1 atom stereocenters. The fraction of sp³-hybridized carbons (Fsp3) is 0.571. The van der Waals surface area contributed by atoms with Gasteiger partial charge >= 0.3 is 0 Å². The van der Waals surface area contributed by atoms with Crippen LogP contribution in [-0.2, 0) is 0 Å². The summed E-state index contributed by atoms with van der Waals surface area (Å²) >= 11 is 0. The van der Waals surface area contributed by atoms with Gasteiger partial charge in [-0.1, -0.05) is 58.9 Å². The number of nitrogens with one attached hydrogen (secondary N) is 1. The Hall–Kier alpha value is -0.980. The first-order valence-electron chi connectivity index (χ1n) is 6.08. The van der Waals surface area contributed by atoms with E-state index in [0.29, 0.717) is 5.41 Å². The summed E-state index contributed by atoms with van der Waals surface area (Å²) in [7, 11) is 0. The summed E-state index contributed by atoms with van der Waals surface area (Å²) in [5, 5.41) is 3.23. The molecule has 1 N–H and O–H groups in total. The third kappa shape index (κ3) is 3.58. The normalized spacial score (nSPS) is 25.8. The predicted octanol–water partition coefficient (Wildman–Crippen LogP) is 4.05. The van der Waals surface area contributed by atoms with Crippen molar-refractivity contribution in [2.75, 3.05) is 6.54 Å². The highest BCUT2D eigenvalue weighted by Gasteiger charge is 2.27. The van der Waals surface area contributed by atoms with Gasteiger partial charge in [0.1, 0.15) is 0 Å². The highest BCUT2D eigenvalue weighted by Crippen LogP contribution is 2.36. The van der Waals surface area contributed by atoms with Crippen LogP contribution in [0, 0.1) is 5.41 Å². The van der Waals surface area contributed by atoms with Crippen LogP contribution in [0.25, 0.3) is 0 Å². The van der Waals surface area contributed by atoms with Gasteiger partial charge in [0, 0.05) is 12.0 Å². The minimum absolute atomic E-state index is 0.306. The van der Waals surface area contributed by atoms with Crippen molar-refractivity contribution in [3.63, 3.8) is 0 Å². The molecule has 86 valence electrons. The molecule has 0 bridgehead atoms. The average molecular weight is 207 g/mol. The van der Waals surface area contributed by atoms with Crippen molar-refractivity contribution in [1.29, 1.82) is 0 Å². The second kappa shape index (κ2) is 7.33. The van der Waals surface area contributed by atoms with Crippen LogP contribution in [0.4, 0.5) is 0 Å². The van der Waals surface area contributed by atoms with E-state index in [1.54, 1.807) is 0 Å². The van der Waals surface area contributed by atoms with E-state index in [-0.39, 0.29) is 0 Å². The Morgan fingerprint density at radius 1 is 1.20 bits per heavy atom. The number of fused-ring (bicyclic) bond motifs is 1. The quantitative estimate of drug-likeness (QED) is 0.632. The molecule has 1 unspecified atom stereocenters. The molecule has 0 radical (unpaired) electrons. The highest BCUT2D eigenvalue weighted by molar-refractivity contribution is 5.33. The number of hydrogen-bond acceptors (Lipinski definition) is 1. The lowest BCUT2D eigenvalue weighted by Crippen LogP contribution is -2.29. The first-order valence-corrected chi connectivity index (χ1v) is 6.08. The van der Waals surface area contributed by atoms with E-state index < -0.39 is 0 Å². The molecule has 0 spiro atoms. The number of hydrogen-bond donors (Lipinski definition) is 1. The second-order valence-electron chi connectivity index (χ2n) is 3.46. The average Bonchev–Trinajstić information content (AvgIpc) is 2.33. The van der Waals surface area contributed by atoms with Crippen molar-refractivity contribution in [1.82, 2.24) is 5.32 Å². The summed E-state index contributed by atoms with van der Waals surface area (Å²) in [6.07, 6.45) is 12.1. The number of allylic oxidation sites excluding steroid dienone is 4. The van der Waals surface area contributed by atoms with Crippen LogP contribution in [-0.4, -0.2) is 6.54 Å². The largest absolute Gasteiger partial charge is 0.387 e. The van der Waals surface area contributed by atoms with Gasteiger partial charge in [0.25, 0.3) is 0 Å². The van der Waals surface area contributed by atoms with Gasteiger partial charge in [0.15, 0.2) is 0 Å². The molecular weight excluding hydrogens is 182 g/mol. The van der Waals surface area contributed by atoms with E-state index in [0.717, 1.165) is 13.0 Å². The molecule has 1 aliphatic heterocycles. The Labute approximate surface area is 95.0 Å². The van der Waals surface area contributed by atoms with Crippen molar-refractivity contribution >= 4 is 0 Å². The summed E-state index contributed by atoms with van der Waals surface area (Å²) in [5.41, 5.74) is 1.81. The zero-order chi connectivity index (χ0) is 11.7. The molecule has 0 aromatic rings. The third-order valence-corrected chi connectivity index (χ3v) is 2.57. The SMILES string of the molecule is CC.CC.CC12C=CNCC1=CC=CC2. The van der Waals surface area contributed by atoms with Gasteiger partial charge < -0.3 is 5.32 Å². The van der Waals surface area contributed by atoms with E-state index >= 15 is 0 Å². The molecule has 15 heavy (non-hydrogen) atoms. The Morgan fingerprint density at radius 3 is 2.47 bits per heavy atom. The summed E-state index contributed by atoms with van der Waals surface area (Å²) in [4.78, 5) is 0. The predicted molar refractivity (Wildman–Crippen MR) is 69.8 cm³/mol. The lowest BCUT2D eigenvalue weighted by Gasteiger charge is -2.33. The van der Waals surface area contributed by atoms with Crippen LogP contribution in [0.3, 0.4) is 0 Å². The van der Waals surface area contributed by atoms with E-state index in [2.05, 4.69) is 42.7 Å². The molecule has 0 saturated carbocycles. The number of rotatable bonds is 0. The summed E-state index contributed by atoms with van der Waals surface area (Å²) < 4.78 is 0. The molecule has 1 aliphatic carbocycles. The first kappa shape index (κ1) is 14.0. The van der Waals surface area contributed by atoms with Crippen molar-refractivity contribution in [3.05, 3.63) is 36.1 Å². The monoisotopic (exact) mass is 207 g/mol. The molecular formula is C14H25N. The van der Waals surface area contributed by atoms with Crippen LogP contribution in [0.1, 0.15) is 41.0 Å². The van der Waals surface area contributed by atoms with Gasteiger partial charge in [-0.25, -0.2) is 0 Å². The fourth-order valence-electron chi connectivity index (χ4n) is 1.67. The van der Waals surface area contributed by atoms with Crippen molar-refractivity contribution < 1.29 is 0 Å². The zero-order valence-corrected chi connectivity index (χ0v) is 10.8. The van der Waals surface area contributed by atoms with Crippen LogP contribution in [0.5, 0.6) is 0 Å². The first-order chi connectivity index (χ1) is 7.31. The maximum absolute atomic E-state index is 3.23. The molecule has 2 rings (SSSR count). The second-order valence-corrected chi connectivity index (χ2v) is 3.46. The minimum Gasteiger partial charge on any atom is -0.387 e. The molecule has 2 aliphatic rings. The van der Waals surface area contributed by atoms with Crippen LogP contribution >= 0.6 is 0 Å². The smallest absolute Gasteiger partial charge is 0.0366 e. The lowest BCUT2D eigenvalue weighted by atomic mass is 9.75. The minimum atomic E-state index is 0.306. The van der Waals surface area contributed by atoms with E-state index in [9.17, 15) is 0 Å². The summed E-state index contributed by atoms with van der Waals surface area (Å²) in [6.45, 7) is 11.3. The van der Waals surface area contributed by atoms with E-state index in [1.807, 2.05) is 27.7 Å². The van der Waals surface area contributed by atoms with Crippen LogP contribution < -0.4 is 5.32 Å². The Bertz CT molecular complexity index is 248. The van der Waals surface area contributed by atoms with Crippen LogP contribution in [0.2, 0.25) is 0 Å². The summed E-state index contributed by atoms with van der Waals surface area (Å²) in [5.74, 6) is 0. The van der Waals surface area contributed by atoms with Gasteiger partial charge in [0.05, 0.1) is 0 Å². The molecule has 1 nitrogen and oxygen atoms in total. The maximum Gasteiger partial charge on any atom is 0.0366 e. The zero-order valence-electron chi connectivity index (χ0n) is 10.8. The van der Waals surface area contributed by atoms with Gasteiger partial charge in [-0.05, 0) is 18.2 Å². The topological polar surface area (TPSA) is 12.0 Å². The van der Waals surface area contributed by atoms with Crippen LogP contribution in [0.15, 0.2) is 36.1 Å². The molecule has 0 fully saturated rings. The highest BCUT2D eigenvalue weighted by atomic mass is 14.8. The van der Waals surface area contributed by atoms with E-state index in [1.165, 1.54) is 5.57 Å². The molecule has 1 heterocycles. The Morgan fingerprint density at radius 2 is 1.87 bits per heavy atom. The van der Waals surface area contributed by atoms with Crippen molar-refractivity contribution in [2.45, 2.75) is 41.0 Å². The van der Waals surface area contributed by atoms with Gasteiger partial charge in [-0.15, -0.1) is 0 Å². The molecule has 0 aromatic heterocycles.